The monoisotopic (exact) mass is 348 g/mol. The van der Waals surface area contributed by atoms with E-state index in [1.165, 1.54) is 24.3 Å². The SMILES string of the molecule is O=C1N[C@@]2(CCSC2)C(=O)N1Cc1nc(-c2ccc(F)cc2)no1. The van der Waals surface area contributed by atoms with Crippen LogP contribution in [0.2, 0.25) is 0 Å². The summed E-state index contributed by atoms with van der Waals surface area (Å²) < 4.78 is 18.1. The van der Waals surface area contributed by atoms with Crippen molar-refractivity contribution in [2.75, 3.05) is 11.5 Å². The van der Waals surface area contributed by atoms with Gasteiger partial charge in [-0.15, -0.1) is 0 Å². The Bertz CT molecular complexity index is 801. The molecule has 1 spiro atoms. The van der Waals surface area contributed by atoms with Crippen molar-refractivity contribution in [1.29, 1.82) is 0 Å². The van der Waals surface area contributed by atoms with Crippen LogP contribution < -0.4 is 5.32 Å². The van der Waals surface area contributed by atoms with Crippen molar-refractivity contribution in [2.45, 2.75) is 18.5 Å². The average Bonchev–Trinajstić information content (AvgIpc) is 3.27. The Labute approximate surface area is 140 Å². The molecule has 1 aromatic carbocycles. The summed E-state index contributed by atoms with van der Waals surface area (Å²) in [5.74, 6) is 1.25. The van der Waals surface area contributed by atoms with Crippen LogP contribution in [-0.2, 0) is 11.3 Å². The van der Waals surface area contributed by atoms with E-state index in [1.54, 1.807) is 11.8 Å². The molecule has 2 aliphatic rings. The van der Waals surface area contributed by atoms with Gasteiger partial charge >= 0.3 is 6.03 Å². The van der Waals surface area contributed by atoms with Crippen LogP contribution in [0.15, 0.2) is 28.8 Å². The van der Waals surface area contributed by atoms with Gasteiger partial charge in [0.2, 0.25) is 11.7 Å². The minimum absolute atomic E-state index is 0.0781. The number of benzene rings is 1. The number of imide groups is 1. The molecule has 1 N–H and O–H groups in total. The Balaban J connectivity index is 1.53. The first kappa shape index (κ1) is 15.1. The fraction of sp³-hybridized carbons (Fsp3) is 0.333. The largest absolute Gasteiger partial charge is 0.337 e. The van der Waals surface area contributed by atoms with Gasteiger partial charge in [0.1, 0.15) is 17.9 Å². The second kappa shape index (κ2) is 5.59. The Kier molecular flexibility index (Phi) is 3.52. The molecule has 0 radical (unpaired) electrons. The van der Waals surface area contributed by atoms with Gasteiger partial charge in [-0.1, -0.05) is 5.16 Å². The number of rotatable bonds is 3. The van der Waals surface area contributed by atoms with E-state index in [0.29, 0.717) is 17.7 Å². The molecule has 0 saturated carbocycles. The summed E-state index contributed by atoms with van der Waals surface area (Å²) in [6, 6.07) is 5.21. The van der Waals surface area contributed by atoms with E-state index in [9.17, 15) is 14.0 Å². The quantitative estimate of drug-likeness (QED) is 0.851. The third kappa shape index (κ3) is 2.44. The van der Waals surface area contributed by atoms with Crippen LogP contribution in [0.1, 0.15) is 12.3 Å². The maximum Gasteiger partial charge on any atom is 0.325 e. The Morgan fingerprint density at radius 2 is 2.12 bits per heavy atom. The van der Waals surface area contributed by atoms with Gasteiger partial charge in [0.25, 0.3) is 5.91 Å². The van der Waals surface area contributed by atoms with Crippen LogP contribution >= 0.6 is 11.8 Å². The molecule has 2 fully saturated rings. The van der Waals surface area contributed by atoms with Crippen LogP contribution in [0.5, 0.6) is 0 Å². The smallest absolute Gasteiger partial charge is 0.325 e. The van der Waals surface area contributed by atoms with Crippen molar-refractivity contribution in [3.05, 3.63) is 36.0 Å². The van der Waals surface area contributed by atoms with Gasteiger partial charge < -0.3 is 9.84 Å². The van der Waals surface area contributed by atoms with E-state index in [4.69, 9.17) is 4.52 Å². The normalized spacial score (nSPS) is 23.3. The van der Waals surface area contributed by atoms with Crippen molar-refractivity contribution < 1.29 is 18.5 Å². The topological polar surface area (TPSA) is 88.3 Å². The van der Waals surface area contributed by atoms with Crippen molar-refractivity contribution in [3.63, 3.8) is 0 Å². The van der Waals surface area contributed by atoms with Gasteiger partial charge in [-0.3, -0.25) is 9.69 Å². The van der Waals surface area contributed by atoms with Gasteiger partial charge in [0, 0.05) is 11.3 Å². The van der Waals surface area contributed by atoms with Crippen LogP contribution in [0, 0.1) is 5.82 Å². The predicted molar refractivity (Wildman–Crippen MR) is 83.4 cm³/mol. The number of urea groups is 1. The van der Waals surface area contributed by atoms with E-state index in [-0.39, 0.29) is 30.0 Å². The molecule has 124 valence electrons. The fourth-order valence-corrected chi connectivity index (χ4v) is 4.15. The van der Waals surface area contributed by atoms with E-state index in [2.05, 4.69) is 15.5 Å². The summed E-state index contributed by atoms with van der Waals surface area (Å²) in [7, 11) is 0. The van der Waals surface area contributed by atoms with Gasteiger partial charge in [0.05, 0.1) is 0 Å². The standard InChI is InChI=1S/C15H13FN4O3S/c16-10-3-1-9(2-4-10)12-17-11(23-19-12)7-20-13(21)15(18-14(20)22)5-6-24-8-15/h1-4H,5-8H2,(H,18,22)/t15-/m1/s1. The molecule has 0 bridgehead atoms. The molecule has 0 unspecified atom stereocenters. The molecule has 24 heavy (non-hydrogen) atoms. The first-order valence-corrected chi connectivity index (χ1v) is 8.53. The summed E-state index contributed by atoms with van der Waals surface area (Å²) in [5, 5.41) is 6.59. The van der Waals surface area contributed by atoms with Crippen LogP contribution in [-0.4, -0.2) is 44.0 Å². The average molecular weight is 348 g/mol. The Morgan fingerprint density at radius 3 is 2.83 bits per heavy atom. The highest BCUT2D eigenvalue weighted by atomic mass is 32.2. The minimum Gasteiger partial charge on any atom is -0.337 e. The highest BCUT2D eigenvalue weighted by Crippen LogP contribution is 2.34. The third-order valence-electron chi connectivity index (χ3n) is 4.13. The lowest BCUT2D eigenvalue weighted by Crippen LogP contribution is -2.46. The molecule has 2 aliphatic heterocycles. The summed E-state index contributed by atoms with van der Waals surface area (Å²) in [6.45, 7) is -0.0781. The van der Waals surface area contributed by atoms with Crippen molar-refractivity contribution in [1.82, 2.24) is 20.4 Å². The number of aromatic nitrogens is 2. The highest BCUT2D eigenvalue weighted by molar-refractivity contribution is 7.99. The maximum absolute atomic E-state index is 13.0. The van der Waals surface area contributed by atoms with Gasteiger partial charge in [-0.2, -0.15) is 16.7 Å². The number of carbonyl (C=O) groups is 2. The molecule has 2 saturated heterocycles. The zero-order valence-electron chi connectivity index (χ0n) is 12.5. The van der Waals surface area contributed by atoms with E-state index in [0.717, 1.165) is 10.7 Å². The summed E-state index contributed by atoms with van der Waals surface area (Å²) in [5.41, 5.74) is -0.200. The lowest BCUT2D eigenvalue weighted by Gasteiger charge is -2.18. The van der Waals surface area contributed by atoms with Crippen LogP contribution in [0.25, 0.3) is 11.4 Å². The molecular formula is C15H13FN4O3S. The van der Waals surface area contributed by atoms with Crippen molar-refractivity contribution in [3.8, 4) is 11.4 Å². The van der Waals surface area contributed by atoms with Crippen molar-refractivity contribution in [2.24, 2.45) is 0 Å². The number of nitrogens with zero attached hydrogens (tertiary/aromatic N) is 3. The molecule has 7 nitrogen and oxygen atoms in total. The second-order valence-corrected chi connectivity index (χ2v) is 6.83. The van der Waals surface area contributed by atoms with Gasteiger partial charge in [-0.05, 0) is 36.4 Å². The van der Waals surface area contributed by atoms with Crippen molar-refractivity contribution >= 4 is 23.7 Å². The molecule has 3 amide bonds. The molecule has 4 rings (SSSR count). The van der Waals surface area contributed by atoms with Gasteiger partial charge in [-0.25, -0.2) is 9.18 Å². The zero-order valence-corrected chi connectivity index (χ0v) is 13.3. The third-order valence-corrected chi connectivity index (χ3v) is 5.32. The van der Waals surface area contributed by atoms with E-state index >= 15 is 0 Å². The number of carbonyl (C=O) groups excluding carboxylic acids is 2. The summed E-state index contributed by atoms with van der Waals surface area (Å²) in [4.78, 5) is 30.0. The number of nitrogens with one attached hydrogen (secondary N) is 1. The van der Waals surface area contributed by atoms with Crippen LogP contribution in [0.3, 0.4) is 0 Å². The van der Waals surface area contributed by atoms with Gasteiger partial charge in [0.15, 0.2) is 0 Å². The van der Waals surface area contributed by atoms with Crippen LogP contribution in [0.4, 0.5) is 9.18 Å². The van der Waals surface area contributed by atoms with E-state index < -0.39 is 11.6 Å². The summed E-state index contributed by atoms with van der Waals surface area (Å²) in [6.07, 6.45) is 0.628. The highest BCUT2D eigenvalue weighted by Gasteiger charge is 2.53. The molecule has 2 aromatic rings. The molecule has 1 atom stereocenters. The lowest BCUT2D eigenvalue weighted by atomic mass is 9.99. The van der Waals surface area contributed by atoms with E-state index in [1.807, 2.05) is 0 Å². The predicted octanol–water partition coefficient (Wildman–Crippen LogP) is 1.80. The Hall–Kier alpha value is -2.42. The molecule has 1 aromatic heterocycles. The second-order valence-electron chi connectivity index (χ2n) is 5.72. The lowest BCUT2D eigenvalue weighted by molar-refractivity contribution is -0.131. The zero-order chi connectivity index (χ0) is 16.7. The fourth-order valence-electron chi connectivity index (χ4n) is 2.82. The number of halogens is 1. The first-order valence-electron chi connectivity index (χ1n) is 7.38. The number of thioether (sulfide) groups is 1. The molecule has 3 heterocycles. The molecule has 0 aliphatic carbocycles. The minimum atomic E-state index is -0.790. The number of amides is 3. The maximum atomic E-state index is 13.0. The number of hydrogen-bond acceptors (Lipinski definition) is 6. The molecule has 9 heteroatoms. The summed E-state index contributed by atoms with van der Waals surface area (Å²) >= 11 is 1.64. The Morgan fingerprint density at radius 1 is 1.33 bits per heavy atom. The molecular weight excluding hydrogens is 335 g/mol. The first-order chi connectivity index (χ1) is 11.6. The number of hydrogen-bond donors (Lipinski definition) is 1.